The zero-order chi connectivity index (χ0) is 7.40. The minimum atomic E-state index is 0.507. The first kappa shape index (κ1) is 7.03. The Morgan fingerprint density at radius 2 is 2.40 bits per heavy atom. The van der Waals surface area contributed by atoms with Crippen LogP contribution in [0.2, 0.25) is 0 Å². The van der Waals surface area contributed by atoms with E-state index >= 15 is 0 Å². The maximum Gasteiger partial charge on any atom is 0.203 e. The monoisotopic (exact) mass is 153 g/mol. The van der Waals surface area contributed by atoms with E-state index in [1.165, 1.54) is 11.3 Å². The zero-order valence-corrected chi connectivity index (χ0v) is 6.19. The van der Waals surface area contributed by atoms with Crippen molar-refractivity contribution in [3.05, 3.63) is 5.01 Å². The smallest absolute Gasteiger partial charge is 0.203 e. The second kappa shape index (κ2) is 3.18. The fourth-order valence-electron chi connectivity index (χ4n) is 0.547. The van der Waals surface area contributed by atoms with Gasteiger partial charge in [0.05, 0.1) is 0 Å². The Morgan fingerprint density at radius 1 is 1.60 bits per heavy atom. The molecule has 0 aliphatic carbocycles. The van der Waals surface area contributed by atoms with Crippen LogP contribution in [-0.2, 0) is 6.42 Å². The number of rotatable bonds is 2. The van der Waals surface area contributed by atoms with Crippen molar-refractivity contribution < 1.29 is 0 Å². The molecule has 0 unspecified atom stereocenters. The predicted octanol–water partition coefficient (Wildman–Crippen LogP) is 0.686. The predicted molar refractivity (Wildman–Crippen MR) is 41.5 cm³/mol. The topological polar surface area (TPSA) is 51.8 Å². The van der Waals surface area contributed by atoms with E-state index in [-0.39, 0.29) is 0 Å². The quantitative estimate of drug-likeness (QED) is 0.636. The molecule has 0 spiro atoms. The minimum absolute atomic E-state index is 0.507. The van der Waals surface area contributed by atoms with Gasteiger partial charge >= 0.3 is 0 Å². The van der Waals surface area contributed by atoms with Gasteiger partial charge in [-0.25, -0.2) is 0 Å². The van der Waals surface area contributed by atoms with Gasteiger partial charge in [0.25, 0.3) is 0 Å². The standard InChI is InChI=1S/C6H7N3S/c1-2-3-4-5-8-9-6(7)10-5/h1H,3-4H2,(H2,7,9). The van der Waals surface area contributed by atoms with Crippen molar-refractivity contribution in [3.8, 4) is 12.3 Å². The summed E-state index contributed by atoms with van der Waals surface area (Å²) in [5, 5.41) is 8.87. The normalized spacial score (nSPS) is 9.10. The van der Waals surface area contributed by atoms with E-state index in [1.807, 2.05) is 0 Å². The lowest BCUT2D eigenvalue weighted by molar-refractivity contribution is 0.943. The van der Waals surface area contributed by atoms with Gasteiger partial charge in [-0.3, -0.25) is 0 Å². The van der Waals surface area contributed by atoms with Crippen LogP contribution in [0.4, 0.5) is 5.13 Å². The first-order valence-electron chi connectivity index (χ1n) is 2.84. The number of hydrogen-bond donors (Lipinski definition) is 1. The summed E-state index contributed by atoms with van der Waals surface area (Å²) in [5.41, 5.74) is 5.34. The van der Waals surface area contributed by atoms with Gasteiger partial charge in [-0.1, -0.05) is 11.3 Å². The highest BCUT2D eigenvalue weighted by Gasteiger charge is 1.97. The summed E-state index contributed by atoms with van der Waals surface area (Å²) in [6.07, 6.45) is 6.54. The largest absolute Gasteiger partial charge is 0.374 e. The molecule has 0 aliphatic heterocycles. The van der Waals surface area contributed by atoms with E-state index in [0.29, 0.717) is 11.6 Å². The van der Waals surface area contributed by atoms with Crippen LogP contribution >= 0.6 is 11.3 Å². The van der Waals surface area contributed by atoms with Crippen LogP contribution in [0, 0.1) is 12.3 Å². The maximum atomic E-state index is 5.34. The molecule has 0 bridgehead atoms. The summed E-state index contributed by atoms with van der Waals surface area (Å²) in [6.45, 7) is 0. The Kier molecular flexibility index (Phi) is 2.24. The van der Waals surface area contributed by atoms with Crippen LogP contribution < -0.4 is 5.73 Å². The van der Waals surface area contributed by atoms with Gasteiger partial charge in [-0.15, -0.1) is 22.5 Å². The average Bonchev–Trinajstić information content (AvgIpc) is 2.31. The van der Waals surface area contributed by atoms with Crippen molar-refractivity contribution in [2.75, 3.05) is 5.73 Å². The molecule has 1 aromatic rings. The molecule has 4 heteroatoms. The number of nitrogen functional groups attached to an aromatic ring is 1. The second-order valence-electron chi connectivity index (χ2n) is 1.74. The average molecular weight is 153 g/mol. The molecule has 0 aromatic carbocycles. The lowest BCUT2D eigenvalue weighted by Crippen LogP contribution is -1.81. The molecular formula is C6H7N3S. The number of nitrogens with zero attached hydrogens (tertiary/aromatic N) is 2. The third-order valence-corrected chi connectivity index (χ3v) is 1.78. The molecule has 0 saturated carbocycles. The first-order chi connectivity index (χ1) is 4.83. The Hall–Kier alpha value is -1.08. The maximum absolute atomic E-state index is 5.34. The molecule has 3 nitrogen and oxygen atoms in total. The lowest BCUT2D eigenvalue weighted by Gasteiger charge is -1.82. The van der Waals surface area contributed by atoms with Crippen LogP contribution in [0.25, 0.3) is 0 Å². The van der Waals surface area contributed by atoms with Gasteiger partial charge in [0.2, 0.25) is 5.13 Å². The molecule has 0 radical (unpaired) electrons. The summed E-state index contributed by atoms with van der Waals surface area (Å²) in [7, 11) is 0. The highest BCUT2D eigenvalue weighted by molar-refractivity contribution is 7.15. The van der Waals surface area contributed by atoms with Crippen LogP contribution in [0.1, 0.15) is 11.4 Å². The van der Waals surface area contributed by atoms with Gasteiger partial charge in [-0.2, -0.15) is 0 Å². The second-order valence-corrected chi connectivity index (χ2v) is 2.83. The Morgan fingerprint density at radius 3 is 2.90 bits per heavy atom. The summed E-state index contributed by atoms with van der Waals surface area (Å²) in [5.74, 6) is 2.52. The number of nitrogens with two attached hydrogens (primary N) is 1. The van der Waals surface area contributed by atoms with Gasteiger partial charge in [-0.05, 0) is 0 Å². The first-order valence-corrected chi connectivity index (χ1v) is 3.66. The van der Waals surface area contributed by atoms with Gasteiger partial charge < -0.3 is 5.73 Å². The third kappa shape index (κ3) is 1.71. The molecule has 0 atom stereocenters. The molecule has 10 heavy (non-hydrogen) atoms. The van der Waals surface area contributed by atoms with Crippen LogP contribution in [-0.4, -0.2) is 10.2 Å². The molecule has 2 N–H and O–H groups in total. The van der Waals surface area contributed by atoms with Crippen LogP contribution in [0.3, 0.4) is 0 Å². The molecule has 1 heterocycles. The molecule has 1 rings (SSSR count). The Labute approximate surface area is 63.3 Å². The molecule has 0 aliphatic rings. The van der Waals surface area contributed by atoms with Crippen molar-refractivity contribution >= 4 is 16.5 Å². The number of aryl methyl sites for hydroxylation is 1. The molecule has 0 amide bonds. The van der Waals surface area contributed by atoms with Crippen LogP contribution in [0.5, 0.6) is 0 Å². The summed E-state index contributed by atoms with van der Waals surface area (Å²) >= 11 is 1.39. The van der Waals surface area contributed by atoms with E-state index in [9.17, 15) is 0 Å². The summed E-state index contributed by atoms with van der Waals surface area (Å²) < 4.78 is 0. The highest BCUT2D eigenvalue weighted by atomic mass is 32.1. The van der Waals surface area contributed by atoms with Crippen molar-refractivity contribution in [2.45, 2.75) is 12.8 Å². The fourth-order valence-corrected chi connectivity index (χ4v) is 1.16. The number of terminal acetylenes is 1. The molecule has 1 aromatic heterocycles. The van der Waals surface area contributed by atoms with E-state index in [1.54, 1.807) is 0 Å². The molecule has 52 valence electrons. The Balaban J connectivity index is 2.52. The van der Waals surface area contributed by atoms with Crippen LogP contribution in [0.15, 0.2) is 0 Å². The third-order valence-electron chi connectivity index (χ3n) is 0.966. The van der Waals surface area contributed by atoms with Gasteiger partial charge in [0, 0.05) is 12.8 Å². The SMILES string of the molecule is C#CCCc1nnc(N)s1. The van der Waals surface area contributed by atoms with Gasteiger partial charge in [0.15, 0.2) is 0 Å². The minimum Gasteiger partial charge on any atom is -0.374 e. The highest BCUT2D eigenvalue weighted by Crippen LogP contribution is 2.11. The van der Waals surface area contributed by atoms with E-state index < -0.39 is 0 Å². The zero-order valence-electron chi connectivity index (χ0n) is 5.37. The van der Waals surface area contributed by atoms with Crippen molar-refractivity contribution in [1.82, 2.24) is 10.2 Å². The number of aromatic nitrogens is 2. The molecule has 0 saturated heterocycles. The fraction of sp³-hybridized carbons (Fsp3) is 0.333. The van der Waals surface area contributed by atoms with Gasteiger partial charge in [0.1, 0.15) is 5.01 Å². The molecule has 0 fully saturated rings. The number of anilines is 1. The van der Waals surface area contributed by atoms with E-state index in [4.69, 9.17) is 12.2 Å². The van der Waals surface area contributed by atoms with Crippen molar-refractivity contribution in [2.24, 2.45) is 0 Å². The van der Waals surface area contributed by atoms with E-state index in [0.717, 1.165) is 11.4 Å². The summed E-state index contributed by atoms with van der Waals surface area (Å²) in [4.78, 5) is 0. The lowest BCUT2D eigenvalue weighted by atomic mass is 10.3. The summed E-state index contributed by atoms with van der Waals surface area (Å²) in [6, 6.07) is 0. The van der Waals surface area contributed by atoms with Crippen molar-refractivity contribution in [1.29, 1.82) is 0 Å². The molecular weight excluding hydrogens is 146 g/mol. The Bertz CT molecular complexity index is 248. The van der Waals surface area contributed by atoms with Crippen molar-refractivity contribution in [3.63, 3.8) is 0 Å². The number of hydrogen-bond acceptors (Lipinski definition) is 4. The van der Waals surface area contributed by atoms with E-state index in [2.05, 4.69) is 16.1 Å².